The summed E-state index contributed by atoms with van der Waals surface area (Å²) < 4.78 is 11.1. The van der Waals surface area contributed by atoms with E-state index in [-0.39, 0.29) is 24.4 Å². The number of rotatable bonds is 4. The molecule has 5 nitrogen and oxygen atoms in total. The molecule has 0 unspecified atom stereocenters. The summed E-state index contributed by atoms with van der Waals surface area (Å²) in [7, 11) is 0. The Bertz CT molecular complexity index is 533. The van der Waals surface area contributed by atoms with E-state index in [0.717, 1.165) is 62.4 Å². The molecular weight excluding hydrogens is 316 g/mol. The zero-order valence-corrected chi connectivity index (χ0v) is 14.1. The molecule has 23 heavy (non-hydrogen) atoms. The molecule has 6 heteroatoms. The lowest BCUT2D eigenvalue weighted by molar-refractivity contribution is -0.120. The highest BCUT2D eigenvalue weighted by Gasteiger charge is 2.23. The number of ether oxygens (including phenoxy) is 2. The van der Waals surface area contributed by atoms with Crippen LogP contribution in [0.15, 0.2) is 18.2 Å². The number of nitrogen functional groups attached to an aromatic ring is 1. The van der Waals surface area contributed by atoms with Crippen LogP contribution in [0.2, 0.25) is 0 Å². The first kappa shape index (κ1) is 18.0. The summed E-state index contributed by atoms with van der Waals surface area (Å²) in [4.78, 5) is 14.4. The number of anilines is 2. The summed E-state index contributed by atoms with van der Waals surface area (Å²) in [6.45, 7) is 2.78. The maximum atomic E-state index is 12.5. The standard InChI is InChI=1S/C17H24N2O3.ClH/c18-15-4-1-5-16-14(15)3-2-9-19(16)17(20)8-12-22-13-6-10-21-11-7-13;/h1,4-5,13H,2-3,6-12,18H2;1H. The Hall–Kier alpha value is -1.30. The van der Waals surface area contributed by atoms with Crippen molar-refractivity contribution in [3.8, 4) is 0 Å². The van der Waals surface area contributed by atoms with Gasteiger partial charge in [0.1, 0.15) is 0 Å². The van der Waals surface area contributed by atoms with Crippen LogP contribution in [-0.4, -0.2) is 38.4 Å². The molecule has 2 N–H and O–H groups in total. The maximum absolute atomic E-state index is 12.5. The lowest BCUT2D eigenvalue weighted by Crippen LogP contribution is -2.36. The first-order valence-corrected chi connectivity index (χ1v) is 8.13. The number of nitrogens with two attached hydrogens (primary N) is 1. The Kier molecular flexibility index (Phi) is 6.69. The van der Waals surface area contributed by atoms with E-state index in [1.807, 2.05) is 23.1 Å². The summed E-state index contributed by atoms with van der Waals surface area (Å²) >= 11 is 0. The third-order valence-electron chi connectivity index (χ3n) is 4.43. The van der Waals surface area contributed by atoms with Crippen molar-refractivity contribution in [3.05, 3.63) is 23.8 Å². The number of carbonyl (C=O) groups excluding carboxylic acids is 1. The number of benzene rings is 1. The second-order valence-electron chi connectivity index (χ2n) is 5.93. The molecule has 0 radical (unpaired) electrons. The van der Waals surface area contributed by atoms with E-state index in [2.05, 4.69) is 0 Å². The van der Waals surface area contributed by atoms with Gasteiger partial charge in [-0.25, -0.2) is 0 Å². The van der Waals surface area contributed by atoms with E-state index in [4.69, 9.17) is 15.2 Å². The molecule has 2 aliphatic rings. The van der Waals surface area contributed by atoms with Gasteiger partial charge in [0, 0.05) is 31.1 Å². The third-order valence-corrected chi connectivity index (χ3v) is 4.43. The molecule has 0 bridgehead atoms. The first-order valence-electron chi connectivity index (χ1n) is 8.13. The predicted molar refractivity (Wildman–Crippen MR) is 93.2 cm³/mol. The normalized spacial score (nSPS) is 18.2. The highest BCUT2D eigenvalue weighted by molar-refractivity contribution is 5.95. The van der Waals surface area contributed by atoms with Gasteiger partial charge in [0.15, 0.2) is 0 Å². The molecule has 2 aliphatic heterocycles. The SMILES string of the molecule is Cl.Nc1cccc2c1CCCN2C(=O)CCOC1CCOCC1. The minimum absolute atomic E-state index is 0. The van der Waals surface area contributed by atoms with Gasteiger partial charge in [0.2, 0.25) is 5.91 Å². The highest BCUT2D eigenvalue weighted by Crippen LogP contribution is 2.31. The Morgan fingerprint density at radius 1 is 1.35 bits per heavy atom. The van der Waals surface area contributed by atoms with Gasteiger partial charge in [-0.15, -0.1) is 12.4 Å². The Morgan fingerprint density at radius 2 is 2.13 bits per heavy atom. The Balaban J connectivity index is 0.00000192. The largest absolute Gasteiger partial charge is 0.398 e. The fourth-order valence-corrected chi connectivity index (χ4v) is 3.20. The van der Waals surface area contributed by atoms with Crippen LogP contribution < -0.4 is 10.6 Å². The van der Waals surface area contributed by atoms with Crippen LogP contribution in [0.1, 0.15) is 31.2 Å². The van der Waals surface area contributed by atoms with Gasteiger partial charge in [-0.05, 0) is 43.4 Å². The van der Waals surface area contributed by atoms with Crippen molar-refractivity contribution < 1.29 is 14.3 Å². The Morgan fingerprint density at radius 3 is 2.91 bits per heavy atom. The van der Waals surface area contributed by atoms with Gasteiger partial charge in [0.25, 0.3) is 0 Å². The number of halogens is 1. The van der Waals surface area contributed by atoms with Crippen LogP contribution >= 0.6 is 12.4 Å². The van der Waals surface area contributed by atoms with Crippen molar-refractivity contribution in [2.75, 3.05) is 37.0 Å². The number of hydrogen-bond acceptors (Lipinski definition) is 4. The van der Waals surface area contributed by atoms with E-state index in [9.17, 15) is 4.79 Å². The third kappa shape index (κ3) is 4.37. The molecule has 1 saturated heterocycles. The molecule has 1 amide bonds. The summed E-state index contributed by atoms with van der Waals surface area (Å²) in [6.07, 6.45) is 4.43. The van der Waals surface area contributed by atoms with E-state index >= 15 is 0 Å². The second kappa shape index (κ2) is 8.52. The van der Waals surface area contributed by atoms with E-state index < -0.39 is 0 Å². The molecule has 1 aromatic carbocycles. The highest BCUT2D eigenvalue weighted by atomic mass is 35.5. The van der Waals surface area contributed by atoms with Crippen LogP contribution in [0.3, 0.4) is 0 Å². The molecule has 0 aromatic heterocycles. The zero-order chi connectivity index (χ0) is 15.4. The summed E-state index contributed by atoms with van der Waals surface area (Å²) in [5.41, 5.74) is 8.89. The van der Waals surface area contributed by atoms with Crippen LogP contribution in [0.4, 0.5) is 11.4 Å². The molecule has 128 valence electrons. The van der Waals surface area contributed by atoms with Crippen LogP contribution in [0.25, 0.3) is 0 Å². The maximum Gasteiger partial charge on any atom is 0.229 e. The molecule has 2 heterocycles. The van der Waals surface area contributed by atoms with Crippen molar-refractivity contribution >= 4 is 29.7 Å². The second-order valence-corrected chi connectivity index (χ2v) is 5.93. The summed E-state index contributed by atoms with van der Waals surface area (Å²) in [6, 6.07) is 5.81. The van der Waals surface area contributed by atoms with Gasteiger partial charge in [-0.3, -0.25) is 4.79 Å². The number of fused-ring (bicyclic) bond motifs is 1. The molecule has 1 fully saturated rings. The minimum Gasteiger partial charge on any atom is -0.398 e. The quantitative estimate of drug-likeness (QED) is 0.855. The van der Waals surface area contributed by atoms with Gasteiger partial charge in [-0.2, -0.15) is 0 Å². The van der Waals surface area contributed by atoms with Gasteiger partial charge in [0.05, 0.1) is 19.1 Å². The number of carbonyl (C=O) groups is 1. The summed E-state index contributed by atoms with van der Waals surface area (Å²) in [5.74, 6) is 0.124. The number of amides is 1. The fourth-order valence-electron chi connectivity index (χ4n) is 3.20. The van der Waals surface area contributed by atoms with Gasteiger partial charge < -0.3 is 20.1 Å². The van der Waals surface area contributed by atoms with Crippen molar-refractivity contribution in [2.24, 2.45) is 0 Å². The van der Waals surface area contributed by atoms with Crippen molar-refractivity contribution in [2.45, 2.75) is 38.2 Å². The molecule has 0 aliphatic carbocycles. The molecular formula is C17H25ClN2O3. The average Bonchev–Trinajstić information content (AvgIpc) is 2.56. The smallest absolute Gasteiger partial charge is 0.229 e. The van der Waals surface area contributed by atoms with Crippen LogP contribution in [0.5, 0.6) is 0 Å². The van der Waals surface area contributed by atoms with Crippen LogP contribution in [0, 0.1) is 0 Å². The van der Waals surface area contributed by atoms with E-state index in [1.165, 1.54) is 0 Å². The van der Waals surface area contributed by atoms with E-state index in [0.29, 0.717) is 13.0 Å². The number of nitrogens with zero attached hydrogens (tertiary/aromatic N) is 1. The molecule has 0 spiro atoms. The fraction of sp³-hybridized carbons (Fsp3) is 0.588. The zero-order valence-electron chi connectivity index (χ0n) is 13.3. The van der Waals surface area contributed by atoms with Crippen molar-refractivity contribution in [3.63, 3.8) is 0 Å². The molecule has 1 aromatic rings. The first-order chi connectivity index (χ1) is 10.8. The molecule has 0 atom stereocenters. The molecule has 0 saturated carbocycles. The summed E-state index contributed by atoms with van der Waals surface area (Å²) in [5, 5.41) is 0. The van der Waals surface area contributed by atoms with Crippen LogP contribution in [-0.2, 0) is 20.7 Å². The number of hydrogen-bond donors (Lipinski definition) is 1. The monoisotopic (exact) mass is 340 g/mol. The van der Waals surface area contributed by atoms with Crippen molar-refractivity contribution in [1.29, 1.82) is 0 Å². The topological polar surface area (TPSA) is 64.8 Å². The van der Waals surface area contributed by atoms with Gasteiger partial charge >= 0.3 is 0 Å². The Labute approximate surface area is 143 Å². The average molecular weight is 341 g/mol. The predicted octanol–water partition coefficient (Wildman–Crippen LogP) is 2.56. The lowest BCUT2D eigenvalue weighted by atomic mass is 9.99. The minimum atomic E-state index is 0. The van der Waals surface area contributed by atoms with Crippen molar-refractivity contribution in [1.82, 2.24) is 0 Å². The van der Waals surface area contributed by atoms with Gasteiger partial charge in [-0.1, -0.05) is 6.07 Å². The molecule has 3 rings (SSSR count). The lowest BCUT2D eigenvalue weighted by Gasteiger charge is -2.30. The van der Waals surface area contributed by atoms with E-state index in [1.54, 1.807) is 0 Å².